The number of aryl methyl sites for hydroxylation is 1. The number of aromatic amines is 1. The molecule has 7 heterocycles. The number of carbonyl (C=O) groups excluding carboxylic acids is 6. The minimum absolute atomic E-state index is 0. The third-order valence-electron chi connectivity index (χ3n) is 19.0. The number of halogens is 1. The average molecular weight is 1340 g/mol. The van der Waals surface area contributed by atoms with Crippen LogP contribution in [-0.2, 0) is 46.4 Å². The number of aliphatic hydroxyl groups excluding tert-OH is 1. The van der Waals surface area contributed by atoms with Gasteiger partial charge >= 0.3 is 11.9 Å². The predicted octanol–water partition coefficient (Wildman–Crippen LogP) is 10.9. The highest BCUT2D eigenvalue weighted by Crippen LogP contribution is 2.51. The van der Waals surface area contributed by atoms with E-state index in [4.69, 9.17) is 49.9 Å². The number of nitrogens with zero attached hydrogens (tertiary/aromatic N) is 4. The lowest BCUT2D eigenvalue weighted by molar-refractivity contribution is -0.155. The van der Waals surface area contributed by atoms with Crippen LogP contribution < -0.4 is 34.3 Å². The molecular formula is C71H92ClN7O14S. The number of esters is 2. The number of unbranched alkanes of at least 4 members (excludes halogenated alkanes) is 5. The van der Waals surface area contributed by atoms with E-state index in [1.165, 1.54) is 50.2 Å². The van der Waals surface area contributed by atoms with Crippen LogP contribution in [-0.4, -0.2) is 166 Å². The molecule has 23 heteroatoms. The predicted molar refractivity (Wildman–Crippen MR) is 361 cm³/mol. The number of carbonyl (C=O) groups is 6. The van der Waals surface area contributed by atoms with Gasteiger partial charge in [-0.15, -0.1) is 11.3 Å². The van der Waals surface area contributed by atoms with Crippen LogP contribution in [0.2, 0.25) is 5.02 Å². The zero-order valence-electron chi connectivity index (χ0n) is 54.2. The van der Waals surface area contributed by atoms with Crippen molar-refractivity contribution in [1.29, 1.82) is 0 Å². The molecule has 0 spiro atoms. The smallest absolute Gasteiger partial charge is 0.338 e. The van der Waals surface area contributed by atoms with Crippen molar-refractivity contribution >= 4 is 79.6 Å². The first-order valence-corrected chi connectivity index (χ1v) is 33.9. The van der Waals surface area contributed by atoms with Crippen LogP contribution >= 0.6 is 22.9 Å². The molecule has 0 bridgehead atoms. The van der Waals surface area contributed by atoms with E-state index in [2.05, 4.69) is 36.5 Å². The third kappa shape index (κ3) is 16.8. The van der Waals surface area contributed by atoms with E-state index in [0.717, 1.165) is 165 Å². The second-order valence-electron chi connectivity index (χ2n) is 24.8. The molecule has 4 aliphatic heterocycles. The SMILES string of the molecule is C.CO.COC(=O)C1CC(OC(=O)c2cc(OC)c(OC)c(OC)c2)CC2CN3CCc4c([nH]c5cc(OCC(=O)NCCCCCCCCC(=O)NCCCN6CCC(Oc7c(C)cc(Cl)cc7-c7ccnc8cc(CN9C(=O)CCC9=O)sc78)CC6)ccc45)C3CC21. The molecule has 3 saturated heterocycles. The maximum Gasteiger partial charge on any atom is 0.338 e. The quantitative estimate of drug-likeness (QED) is 0.0213. The molecule has 5 unspecified atom stereocenters. The van der Waals surface area contributed by atoms with Crippen molar-refractivity contribution in [2.24, 2.45) is 17.8 Å². The summed E-state index contributed by atoms with van der Waals surface area (Å²) in [7, 11) is 6.90. The van der Waals surface area contributed by atoms with Crippen LogP contribution in [0.5, 0.6) is 28.7 Å². The molecule has 11 rings (SSSR count). The van der Waals surface area contributed by atoms with Crippen molar-refractivity contribution in [2.45, 2.75) is 142 Å². The Labute approximate surface area is 559 Å². The fourth-order valence-electron chi connectivity index (χ4n) is 14.3. The number of fused-ring (bicyclic) bond motifs is 7. The third-order valence-corrected chi connectivity index (χ3v) is 20.3. The van der Waals surface area contributed by atoms with Crippen LogP contribution in [0.3, 0.4) is 0 Å². The van der Waals surface area contributed by atoms with Gasteiger partial charge < -0.3 is 58.8 Å². The fourth-order valence-corrected chi connectivity index (χ4v) is 15.7. The number of pyridine rings is 1. The topological polar surface area (TPSA) is 250 Å². The van der Waals surface area contributed by atoms with Gasteiger partial charge in [0.2, 0.25) is 23.5 Å². The number of rotatable bonds is 27. The Morgan fingerprint density at radius 2 is 1.48 bits per heavy atom. The number of methoxy groups -OCH3 is 4. The maximum atomic E-state index is 13.6. The number of amides is 4. The Morgan fingerprint density at radius 1 is 0.766 bits per heavy atom. The number of likely N-dealkylation sites (tertiary alicyclic amines) is 2. The lowest BCUT2D eigenvalue weighted by Crippen LogP contribution is -2.52. The summed E-state index contributed by atoms with van der Waals surface area (Å²) in [4.78, 5) is 92.8. The molecule has 1 aliphatic carbocycles. The van der Waals surface area contributed by atoms with Crippen molar-refractivity contribution in [2.75, 3.05) is 88.0 Å². The summed E-state index contributed by atoms with van der Waals surface area (Å²) in [5.41, 5.74) is 7.24. The molecule has 6 aromatic rings. The van der Waals surface area contributed by atoms with E-state index in [0.29, 0.717) is 60.4 Å². The van der Waals surface area contributed by atoms with E-state index in [-0.39, 0.29) is 92.6 Å². The number of thiophene rings is 1. The fraction of sp³-hybridized carbons (Fsp3) is 0.535. The highest BCUT2D eigenvalue weighted by Gasteiger charge is 2.50. The molecule has 5 aliphatic rings. The first kappa shape index (κ1) is 70.8. The minimum Gasteiger partial charge on any atom is -0.493 e. The van der Waals surface area contributed by atoms with Gasteiger partial charge in [-0.1, -0.05) is 44.7 Å². The largest absolute Gasteiger partial charge is 0.493 e. The van der Waals surface area contributed by atoms with E-state index in [1.54, 1.807) is 18.3 Å². The van der Waals surface area contributed by atoms with Crippen molar-refractivity contribution in [3.63, 3.8) is 0 Å². The monoisotopic (exact) mass is 1330 g/mol. The van der Waals surface area contributed by atoms with Gasteiger partial charge in [0.15, 0.2) is 18.1 Å². The minimum atomic E-state index is -0.528. The van der Waals surface area contributed by atoms with Crippen molar-refractivity contribution < 1.29 is 67.0 Å². The van der Waals surface area contributed by atoms with E-state index in [1.807, 2.05) is 43.3 Å². The zero-order chi connectivity index (χ0) is 65.7. The molecule has 94 heavy (non-hydrogen) atoms. The Bertz CT molecular complexity index is 3600. The summed E-state index contributed by atoms with van der Waals surface area (Å²) in [6.45, 7) is 7.74. The second kappa shape index (κ2) is 33.3. The average Bonchev–Trinajstić information content (AvgIpc) is 1.51. The van der Waals surface area contributed by atoms with Crippen LogP contribution in [0.1, 0.15) is 142 Å². The second-order valence-corrected chi connectivity index (χ2v) is 26.4. The summed E-state index contributed by atoms with van der Waals surface area (Å²) in [6, 6.07) is 17.0. The Morgan fingerprint density at radius 3 is 2.20 bits per heavy atom. The molecule has 4 fully saturated rings. The molecular weight excluding hydrogens is 1240 g/mol. The van der Waals surface area contributed by atoms with Crippen LogP contribution in [0.4, 0.5) is 0 Å². The van der Waals surface area contributed by atoms with Gasteiger partial charge in [0.25, 0.3) is 5.91 Å². The first-order valence-electron chi connectivity index (χ1n) is 32.7. The Hall–Kier alpha value is -7.50. The molecule has 1 saturated carbocycles. The number of piperidine rings is 2. The Kier molecular flexibility index (Phi) is 25.0. The summed E-state index contributed by atoms with van der Waals surface area (Å²) >= 11 is 8.19. The van der Waals surface area contributed by atoms with Gasteiger partial charge in [0, 0.05) is 116 Å². The van der Waals surface area contributed by atoms with Gasteiger partial charge in [-0.25, -0.2) is 4.79 Å². The number of benzene rings is 3. The Balaban J connectivity index is 0.00000344. The van der Waals surface area contributed by atoms with Gasteiger partial charge in [-0.3, -0.25) is 38.8 Å². The molecule has 4 amide bonds. The van der Waals surface area contributed by atoms with Crippen molar-refractivity contribution in [3.05, 3.63) is 93.1 Å². The number of H-pyrrole nitrogens is 1. The van der Waals surface area contributed by atoms with Gasteiger partial charge in [0.05, 0.1) is 62.7 Å². The van der Waals surface area contributed by atoms with Gasteiger partial charge in [-0.2, -0.15) is 0 Å². The van der Waals surface area contributed by atoms with E-state index >= 15 is 0 Å². The van der Waals surface area contributed by atoms with E-state index < -0.39 is 18.0 Å². The normalized spacial score (nSPS) is 19.6. The van der Waals surface area contributed by atoms with Gasteiger partial charge in [0.1, 0.15) is 23.7 Å². The summed E-state index contributed by atoms with van der Waals surface area (Å²) in [5.74, 6) is 1.04. The van der Waals surface area contributed by atoms with Crippen molar-refractivity contribution in [1.82, 2.24) is 35.3 Å². The summed E-state index contributed by atoms with van der Waals surface area (Å²) < 4.78 is 41.6. The number of ether oxygens (including phenoxy) is 7. The maximum absolute atomic E-state index is 13.6. The van der Waals surface area contributed by atoms with Crippen LogP contribution in [0.15, 0.2) is 60.8 Å². The van der Waals surface area contributed by atoms with E-state index in [9.17, 15) is 28.8 Å². The molecule has 3 aromatic heterocycles. The number of nitrogens with one attached hydrogen (secondary N) is 3. The number of aliphatic hydroxyl groups is 1. The van der Waals surface area contributed by atoms with Crippen LogP contribution in [0, 0.1) is 24.7 Å². The molecule has 4 N–H and O–H groups in total. The van der Waals surface area contributed by atoms with Crippen molar-refractivity contribution in [3.8, 4) is 39.9 Å². The number of hydrogen-bond acceptors (Lipinski definition) is 18. The lowest BCUT2D eigenvalue weighted by atomic mass is 9.65. The molecule has 508 valence electrons. The molecule has 5 atom stereocenters. The molecule has 3 aromatic carbocycles. The first-order chi connectivity index (χ1) is 45.2. The summed E-state index contributed by atoms with van der Waals surface area (Å²) in [6.07, 6.45) is 13.4. The highest BCUT2D eigenvalue weighted by atomic mass is 35.5. The summed E-state index contributed by atoms with van der Waals surface area (Å²) in [5, 5.41) is 14.9. The lowest BCUT2D eigenvalue weighted by Gasteiger charge is -2.51. The zero-order valence-corrected chi connectivity index (χ0v) is 55.8. The molecule has 0 radical (unpaired) electrons. The standard InChI is InChI=1S/C69H84ClN7O13S.CH4O.CH4/c1-41-29-44(70)33-53(51-18-24-71-56-36-48(91-67(51)56)39-77-62(80)16-17-63(77)81)65(41)89-45-19-26-75(27-20-45)25-12-23-72-60(78)13-10-8-6-7-9-11-22-73-61(79)40-88-46-14-15-49-50-21-28-76-38-43-30-47(90-68(82)42-31-58(84-2)66(86-4)59(32-42)85-3)34-54(69(83)87-5)52(43)37-57(76)64(50)74-55(49)35-46;1-2;/h14-15,18,24,29,31-33,35-36,43,45,47,52,54,57,74H,6-13,16-17,19-23,25-28,30,34,37-40H2,1-5H3,(H,72,78)(H,73,79);2H,1H3;1H4. The van der Waals surface area contributed by atoms with Gasteiger partial charge in [-0.05, 0) is 143 Å². The number of aromatic nitrogens is 2. The number of imide groups is 1. The number of hydrogen-bond donors (Lipinski definition) is 4. The highest BCUT2D eigenvalue weighted by molar-refractivity contribution is 7.19. The molecule has 21 nitrogen and oxygen atoms in total. The van der Waals surface area contributed by atoms with Crippen LogP contribution in [0.25, 0.3) is 32.2 Å².